The van der Waals surface area contributed by atoms with Gasteiger partial charge >= 0.3 is 5.97 Å². The molecule has 0 bridgehead atoms. The van der Waals surface area contributed by atoms with E-state index in [1.165, 1.54) is 13.3 Å². The minimum atomic E-state index is -1.07. The number of para-hydroxylation sites is 1. The molecule has 1 rings (SSSR count). The highest BCUT2D eigenvalue weighted by atomic mass is 16.5. The average Bonchev–Trinajstić information content (AvgIpc) is 2.28. The Kier molecular flexibility index (Phi) is 3.92. The van der Waals surface area contributed by atoms with E-state index in [9.17, 15) is 4.79 Å². The molecule has 5 heteroatoms. The number of anilines is 1. The third-order valence-corrected chi connectivity index (χ3v) is 1.82. The highest BCUT2D eigenvalue weighted by Crippen LogP contribution is 2.27. The van der Waals surface area contributed by atoms with Crippen molar-refractivity contribution >= 4 is 11.7 Å². The Hall–Kier alpha value is -2.48. The standard InChI is InChI=1S/C11H10N2O3/c1-16-9-4-2-3-8(7-12)11(9)13-6-5-10(14)15/h2-6,13H,1H3,(H,14,15)/b6-5+. The Morgan fingerprint density at radius 2 is 2.38 bits per heavy atom. The van der Waals surface area contributed by atoms with E-state index >= 15 is 0 Å². The summed E-state index contributed by atoms with van der Waals surface area (Å²) in [5.41, 5.74) is 0.833. The van der Waals surface area contributed by atoms with Crippen LogP contribution in [0.3, 0.4) is 0 Å². The highest BCUT2D eigenvalue weighted by molar-refractivity contribution is 5.80. The predicted octanol–water partition coefficient (Wildman–Crippen LogP) is 1.58. The molecule has 0 aliphatic heterocycles. The Labute approximate surface area is 92.6 Å². The van der Waals surface area contributed by atoms with Crippen molar-refractivity contribution in [3.8, 4) is 11.8 Å². The molecular weight excluding hydrogens is 208 g/mol. The number of methoxy groups -OCH3 is 1. The smallest absolute Gasteiger partial charge is 0.329 e. The Bertz CT molecular complexity index is 461. The van der Waals surface area contributed by atoms with E-state index in [1.54, 1.807) is 18.2 Å². The Morgan fingerprint density at radius 3 is 2.94 bits per heavy atom. The number of hydrogen-bond acceptors (Lipinski definition) is 4. The fourth-order valence-corrected chi connectivity index (χ4v) is 1.14. The fourth-order valence-electron chi connectivity index (χ4n) is 1.14. The van der Waals surface area contributed by atoms with Crippen LogP contribution in [0.25, 0.3) is 0 Å². The molecule has 0 saturated heterocycles. The second-order valence-corrected chi connectivity index (χ2v) is 2.81. The molecule has 0 spiro atoms. The highest BCUT2D eigenvalue weighted by Gasteiger charge is 2.06. The molecule has 0 saturated carbocycles. The summed E-state index contributed by atoms with van der Waals surface area (Å²) in [6.45, 7) is 0. The first-order chi connectivity index (χ1) is 7.69. The number of carboxylic acids is 1. The second kappa shape index (κ2) is 5.41. The zero-order chi connectivity index (χ0) is 12.0. The fraction of sp³-hybridized carbons (Fsp3) is 0.0909. The summed E-state index contributed by atoms with van der Waals surface area (Å²) in [5.74, 6) is -0.588. The number of rotatable bonds is 4. The van der Waals surface area contributed by atoms with Gasteiger partial charge in [0.1, 0.15) is 11.8 Å². The van der Waals surface area contributed by atoms with Crippen LogP contribution in [0.15, 0.2) is 30.5 Å². The maximum absolute atomic E-state index is 10.3. The van der Waals surface area contributed by atoms with Gasteiger partial charge in [0.05, 0.1) is 18.4 Å². The quantitative estimate of drug-likeness (QED) is 0.749. The first-order valence-corrected chi connectivity index (χ1v) is 4.42. The van der Waals surface area contributed by atoms with Crippen molar-refractivity contribution in [3.05, 3.63) is 36.0 Å². The van der Waals surface area contributed by atoms with E-state index < -0.39 is 5.97 Å². The van der Waals surface area contributed by atoms with Crippen LogP contribution in [-0.2, 0) is 4.79 Å². The summed E-state index contributed by atoms with van der Waals surface area (Å²) in [5, 5.41) is 20.0. The molecular formula is C11H10N2O3. The summed E-state index contributed by atoms with van der Waals surface area (Å²) >= 11 is 0. The second-order valence-electron chi connectivity index (χ2n) is 2.81. The molecule has 2 N–H and O–H groups in total. The summed E-state index contributed by atoms with van der Waals surface area (Å²) < 4.78 is 5.05. The lowest BCUT2D eigenvalue weighted by molar-refractivity contribution is -0.131. The van der Waals surface area contributed by atoms with Gasteiger partial charge < -0.3 is 15.2 Å². The molecule has 0 radical (unpaired) electrons. The van der Waals surface area contributed by atoms with Gasteiger partial charge in [-0.3, -0.25) is 0 Å². The van der Waals surface area contributed by atoms with Crippen LogP contribution < -0.4 is 10.1 Å². The number of nitrogens with zero attached hydrogens (tertiary/aromatic N) is 1. The van der Waals surface area contributed by atoms with Crippen LogP contribution in [0, 0.1) is 11.3 Å². The zero-order valence-corrected chi connectivity index (χ0v) is 8.60. The minimum Gasteiger partial charge on any atom is -0.495 e. The van der Waals surface area contributed by atoms with Gasteiger partial charge in [-0.25, -0.2) is 4.79 Å². The first-order valence-electron chi connectivity index (χ1n) is 4.42. The molecule has 0 aliphatic carbocycles. The molecule has 0 fully saturated rings. The van der Waals surface area contributed by atoms with Crippen molar-refractivity contribution in [2.45, 2.75) is 0 Å². The normalized spacial score (nSPS) is 9.75. The van der Waals surface area contributed by atoms with Gasteiger partial charge in [-0.1, -0.05) is 6.07 Å². The summed E-state index contributed by atoms with van der Waals surface area (Å²) in [6.07, 6.45) is 2.18. The van der Waals surface area contributed by atoms with Gasteiger partial charge in [0.25, 0.3) is 0 Å². The van der Waals surface area contributed by atoms with E-state index in [0.29, 0.717) is 17.0 Å². The Morgan fingerprint density at radius 1 is 1.62 bits per heavy atom. The summed E-state index contributed by atoms with van der Waals surface area (Å²) in [6, 6.07) is 6.96. The van der Waals surface area contributed by atoms with Gasteiger partial charge in [0.2, 0.25) is 0 Å². The molecule has 82 valence electrons. The minimum absolute atomic E-state index is 0.384. The predicted molar refractivity (Wildman–Crippen MR) is 58.1 cm³/mol. The zero-order valence-electron chi connectivity index (χ0n) is 8.60. The molecule has 0 aliphatic rings. The first kappa shape index (κ1) is 11.6. The molecule has 16 heavy (non-hydrogen) atoms. The Balaban J connectivity index is 3.01. The van der Waals surface area contributed by atoms with E-state index in [0.717, 1.165) is 6.08 Å². The number of nitrogens with one attached hydrogen (secondary N) is 1. The molecule has 0 amide bonds. The number of carboxylic acid groups (broad SMARTS) is 1. The van der Waals surface area contributed by atoms with Crippen molar-refractivity contribution < 1.29 is 14.6 Å². The summed E-state index contributed by atoms with van der Waals surface area (Å²) in [7, 11) is 1.47. The largest absolute Gasteiger partial charge is 0.495 e. The van der Waals surface area contributed by atoms with Gasteiger partial charge in [-0.15, -0.1) is 0 Å². The lowest BCUT2D eigenvalue weighted by atomic mass is 10.2. The number of carbonyl (C=O) groups is 1. The van der Waals surface area contributed by atoms with Crippen molar-refractivity contribution in [2.24, 2.45) is 0 Å². The van der Waals surface area contributed by atoms with Crippen molar-refractivity contribution in [2.75, 3.05) is 12.4 Å². The molecule has 1 aromatic carbocycles. The van der Waals surface area contributed by atoms with Crippen LogP contribution in [0.2, 0.25) is 0 Å². The lowest BCUT2D eigenvalue weighted by Crippen LogP contribution is -1.97. The number of benzene rings is 1. The van der Waals surface area contributed by atoms with Crippen LogP contribution in [0.1, 0.15) is 5.56 Å². The van der Waals surface area contributed by atoms with Crippen LogP contribution in [0.5, 0.6) is 5.75 Å². The van der Waals surface area contributed by atoms with Gasteiger partial charge in [0, 0.05) is 12.3 Å². The van der Waals surface area contributed by atoms with E-state index in [-0.39, 0.29) is 0 Å². The topological polar surface area (TPSA) is 82.3 Å². The third-order valence-electron chi connectivity index (χ3n) is 1.82. The van der Waals surface area contributed by atoms with Gasteiger partial charge in [0.15, 0.2) is 0 Å². The molecule has 0 aromatic heterocycles. The summed E-state index contributed by atoms with van der Waals surface area (Å²) in [4.78, 5) is 10.3. The maximum atomic E-state index is 10.3. The van der Waals surface area contributed by atoms with E-state index in [2.05, 4.69) is 5.32 Å². The number of ether oxygens (including phenoxy) is 1. The number of hydrogen-bond donors (Lipinski definition) is 2. The van der Waals surface area contributed by atoms with Crippen molar-refractivity contribution in [1.29, 1.82) is 5.26 Å². The third kappa shape index (κ3) is 2.75. The van der Waals surface area contributed by atoms with E-state index in [4.69, 9.17) is 15.1 Å². The van der Waals surface area contributed by atoms with Crippen LogP contribution in [-0.4, -0.2) is 18.2 Å². The molecule has 5 nitrogen and oxygen atoms in total. The monoisotopic (exact) mass is 218 g/mol. The lowest BCUT2D eigenvalue weighted by Gasteiger charge is -2.09. The molecule has 0 heterocycles. The molecule has 1 aromatic rings. The van der Waals surface area contributed by atoms with Crippen LogP contribution in [0.4, 0.5) is 5.69 Å². The van der Waals surface area contributed by atoms with Crippen molar-refractivity contribution in [1.82, 2.24) is 0 Å². The average molecular weight is 218 g/mol. The number of aliphatic carboxylic acids is 1. The van der Waals surface area contributed by atoms with Crippen molar-refractivity contribution in [3.63, 3.8) is 0 Å². The molecule has 0 atom stereocenters. The molecule has 0 unspecified atom stereocenters. The maximum Gasteiger partial charge on any atom is 0.329 e. The van der Waals surface area contributed by atoms with Gasteiger partial charge in [-0.05, 0) is 12.1 Å². The van der Waals surface area contributed by atoms with Crippen LogP contribution >= 0.6 is 0 Å². The SMILES string of the molecule is COc1cccc(C#N)c1N/C=C/C(=O)O. The van der Waals surface area contributed by atoms with Gasteiger partial charge in [-0.2, -0.15) is 5.26 Å². The number of nitriles is 1. The van der Waals surface area contributed by atoms with E-state index in [1.807, 2.05) is 6.07 Å².